The number of hydrogen-bond acceptors (Lipinski definition) is 3. The van der Waals surface area contributed by atoms with Crippen LogP contribution in [-0.4, -0.2) is 46.8 Å². The second-order valence-electron chi connectivity index (χ2n) is 6.01. The first kappa shape index (κ1) is 15.1. The third-order valence-electron chi connectivity index (χ3n) is 4.35. The van der Waals surface area contributed by atoms with Crippen LogP contribution in [0.25, 0.3) is 5.69 Å². The zero-order valence-electron chi connectivity index (χ0n) is 13.4. The summed E-state index contributed by atoms with van der Waals surface area (Å²) in [6.45, 7) is 7.52. The van der Waals surface area contributed by atoms with Gasteiger partial charge in [0.1, 0.15) is 0 Å². The molecule has 1 aromatic carbocycles. The summed E-state index contributed by atoms with van der Waals surface area (Å²) in [6, 6.07) is 8.36. The SMILES string of the molecule is Cc1cn(C)c(=O)n1-c1ccc(CCN2CCNCC2)cc1. The number of nitrogens with zero attached hydrogens (tertiary/aromatic N) is 3. The van der Waals surface area contributed by atoms with E-state index in [1.807, 2.05) is 25.3 Å². The molecular weight excluding hydrogens is 276 g/mol. The monoisotopic (exact) mass is 300 g/mol. The number of nitrogens with one attached hydrogen (secondary N) is 1. The molecule has 3 rings (SSSR count). The molecule has 1 fully saturated rings. The van der Waals surface area contributed by atoms with Gasteiger partial charge in [0.2, 0.25) is 0 Å². The highest BCUT2D eigenvalue weighted by atomic mass is 16.1. The van der Waals surface area contributed by atoms with Crippen LogP contribution < -0.4 is 11.0 Å². The highest BCUT2D eigenvalue weighted by Crippen LogP contribution is 2.11. The molecular formula is C17H24N4O. The maximum Gasteiger partial charge on any atom is 0.332 e. The van der Waals surface area contributed by atoms with E-state index in [4.69, 9.17) is 0 Å². The number of piperazine rings is 1. The lowest BCUT2D eigenvalue weighted by Crippen LogP contribution is -2.44. The van der Waals surface area contributed by atoms with Gasteiger partial charge in [-0.25, -0.2) is 4.79 Å². The van der Waals surface area contributed by atoms with E-state index >= 15 is 0 Å². The van der Waals surface area contributed by atoms with Gasteiger partial charge in [-0.15, -0.1) is 0 Å². The summed E-state index contributed by atoms with van der Waals surface area (Å²) in [5, 5.41) is 3.38. The summed E-state index contributed by atoms with van der Waals surface area (Å²) in [5.74, 6) is 0. The molecule has 1 aliphatic rings. The molecule has 1 saturated heterocycles. The van der Waals surface area contributed by atoms with Gasteiger partial charge < -0.3 is 14.8 Å². The van der Waals surface area contributed by atoms with Crippen molar-refractivity contribution in [2.24, 2.45) is 7.05 Å². The largest absolute Gasteiger partial charge is 0.332 e. The van der Waals surface area contributed by atoms with Gasteiger partial charge in [0.25, 0.3) is 0 Å². The number of benzene rings is 1. The van der Waals surface area contributed by atoms with Gasteiger partial charge >= 0.3 is 5.69 Å². The first-order valence-corrected chi connectivity index (χ1v) is 7.92. The average Bonchev–Trinajstić information content (AvgIpc) is 2.80. The molecule has 0 unspecified atom stereocenters. The molecule has 5 nitrogen and oxygen atoms in total. The summed E-state index contributed by atoms with van der Waals surface area (Å²) in [5.41, 5.74) is 3.23. The van der Waals surface area contributed by atoms with Gasteiger partial charge in [0.15, 0.2) is 0 Å². The van der Waals surface area contributed by atoms with Crippen LogP contribution >= 0.6 is 0 Å². The molecule has 2 heterocycles. The predicted octanol–water partition coefficient (Wildman–Crippen LogP) is 0.932. The van der Waals surface area contributed by atoms with Crippen molar-refractivity contribution in [2.45, 2.75) is 13.3 Å². The third kappa shape index (κ3) is 3.15. The van der Waals surface area contributed by atoms with Gasteiger partial charge in [-0.2, -0.15) is 0 Å². The fourth-order valence-corrected chi connectivity index (χ4v) is 3.05. The molecule has 0 aliphatic carbocycles. The van der Waals surface area contributed by atoms with Crippen molar-refractivity contribution in [3.8, 4) is 5.69 Å². The predicted molar refractivity (Wildman–Crippen MR) is 88.8 cm³/mol. The Balaban J connectivity index is 1.68. The Labute approximate surface area is 131 Å². The topological polar surface area (TPSA) is 42.2 Å². The Morgan fingerprint density at radius 1 is 1.14 bits per heavy atom. The van der Waals surface area contributed by atoms with Crippen LogP contribution in [0, 0.1) is 6.92 Å². The maximum absolute atomic E-state index is 12.1. The summed E-state index contributed by atoms with van der Waals surface area (Å²) in [6.07, 6.45) is 2.92. The van der Waals surface area contributed by atoms with Crippen LogP contribution in [0.15, 0.2) is 35.3 Å². The second kappa shape index (κ2) is 6.50. The van der Waals surface area contributed by atoms with Crippen molar-refractivity contribution in [3.63, 3.8) is 0 Å². The van der Waals surface area contributed by atoms with Gasteiger partial charge in [-0.1, -0.05) is 12.1 Å². The molecule has 5 heteroatoms. The zero-order chi connectivity index (χ0) is 15.5. The van der Waals surface area contributed by atoms with E-state index in [0.29, 0.717) is 0 Å². The maximum atomic E-state index is 12.1. The van der Waals surface area contributed by atoms with E-state index < -0.39 is 0 Å². The highest BCUT2D eigenvalue weighted by Gasteiger charge is 2.10. The molecule has 2 aromatic rings. The van der Waals surface area contributed by atoms with E-state index in [1.54, 1.807) is 16.2 Å². The fourth-order valence-electron chi connectivity index (χ4n) is 3.05. The third-order valence-corrected chi connectivity index (χ3v) is 4.35. The van der Waals surface area contributed by atoms with E-state index in [9.17, 15) is 4.79 Å². The Morgan fingerprint density at radius 3 is 2.41 bits per heavy atom. The molecule has 0 saturated carbocycles. The number of aryl methyl sites for hydroxylation is 2. The Hall–Kier alpha value is -1.85. The fraction of sp³-hybridized carbons (Fsp3) is 0.471. The molecule has 0 amide bonds. The molecule has 1 aromatic heterocycles. The number of imidazole rings is 1. The number of aromatic nitrogens is 2. The van der Waals surface area contributed by atoms with Crippen LogP contribution in [-0.2, 0) is 13.5 Å². The van der Waals surface area contributed by atoms with Crippen LogP contribution in [0.2, 0.25) is 0 Å². The Bertz CT molecular complexity index is 678. The first-order valence-electron chi connectivity index (χ1n) is 7.92. The molecule has 0 radical (unpaired) electrons. The number of rotatable bonds is 4. The van der Waals surface area contributed by atoms with Crippen molar-refractivity contribution in [1.82, 2.24) is 19.4 Å². The lowest BCUT2D eigenvalue weighted by atomic mass is 10.1. The lowest BCUT2D eigenvalue weighted by molar-refractivity contribution is 0.244. The Kier molecular flexibility index (Phi) is 4.45. The summed E-state index contributed by atoms with van der Waals surface area (Å²) in [4.78, 5) is 14.6. The summed E-state index contributed by atoms with van der Waals surface area (Å²) in [7, 11) is 1.79. The van der Waals surface area contributed by atoms with Gasteiger partial charge in [0.05, 0.1) is 5.69 Å². The summed E-state index contributed by atoms with van der Waals surface area (Å²) < 4.78 is 3.37. The molecule has 0 spiro atoms. The van der Waals surface area contributed by atoms with E-state index in [0.717, 1.165) is 50.5 Å². The van der Waals surface area contributed by atoms with Crippen LogP contribution in [0.3, 0.4) is 0 Å². The minimum atomic E-state index is 0.00562. The van der Waals surface area contributed by atoms with Crippen molar-refractivity contribution in [2.75, 3.05) is 32.7 Å². The standard InChI is InChI=1S/C17H24N4O/c1-14-13-19(2)17(22)21(14)16-5-3-15(4-6-16)7-10-20-11-8-18-9-12-20/h3-6,13,18H,7-12H2,1-2H3. The average molecular weight is 300 g/mol. The molecule has 22 heavy (non-hydrogen) atoms. The van der Waals surface area contributed by atoms with E-state index in [2.05, 4.69) is 22.3 Å². The van der Waals surface area contributed by atoms with Crippen LogP contribution in [0.1, 0.15) is 11.3 Å². The van der Waals surface area contributed by atoms with Crippen molar-refractivity contribution < 1.29 is 0 Å². The second-order valence-corrected chi connectivity index (χ2v) is 6.01. The summed E-state index contributed by atoms with van der Waals surface area (Å²) >= 11 is 0. The van der Waals surface area contributed by atoms with Gasteiger partial charge in [-0.05, 0) is 31.0 Å². The number of hydrogen-bond donors (Lipinski definition) is 1. The van der Waals surface area contributed by atoms with Gasteiger partial charge in [-0.3, -0.25) is 4.57 Å². The van der Waals surface area contributed by atoms with Gasteiger partial charge in [0, 0.05) is 51.7 Å². The first-order chi connectivity index (χ1) is 10.6. The quantitative estimate of drug-likeness (QED) is 0.913. The minimum absolute atomic E-state index is 0.00562. The lowest BCUT2D eigenvalue weighted by Gasteiger charge is -2.27. The molecule has 0 bridgehead atoms. The van der Waals surface area contributed by atoms with Crippen molar-refractivity contribution in [3.05, 3.63) is 52.2 Å². The zero-order valence-corrected chi connectivity index (χ0v) is 13.4. The van der Waals surface area contributed by atoms with Crippen molar-refractivity contribution in [1.29, 1.82) is 0 Å². The van der Waals surface area contributed by atoms with Crippen LogP contribution in [0.5, 0.6) is 0 Å². The molecule has 0 atom stereocenters. The highest BCUT2D eigenvalue weighted by molar-refractivity contribution is 5.36. The van der Waals surface area contributed by atoms with Crippen molar-refractivity contribution >= 4 is 0 Å². The molecule has 1 aliphatic heterocycles. The van der Waals surface area contributed by atoms with E-state index in [1.165, 1.54) is 5.56 Å². The Morgan fingerprint density at radius 2 is 1.82 bits per heavy atom. The minimum Gasteiger partial charge on any atom is -0.314 e. The molecule has 118 valence electrons. The molecule has 1 N–H and O–H groups in total. The normalized spacial score (nSPS) is 16.1. The smallest absolute Gasteiger partial charge is 0.314 e. The van der Waals surface area contributed by atoms with E-state index in [-0.39, 0.29) is 5.69 Å². The van der Waals surface area contributed by atoms with Crippen LogP contribution in [0.4, 0.5) is 0 Å².